The average molecular weight is 326 g/mol. The molecule has 0 heterocycles. The van der Waals surface area contributed by atoms with Gasteiger partial charge in [-0.15, -0.1) is 3.89 Å². The molecular weight excluding hydrogens is 326 g/mol. The molecule has 0 aromatic carbocycles. The van der Waals surface area contributed by atoms with Crippen molar-refractivity contribution >= 4 is 61.0 Å². The minimum Gasteiger partial charge on any atom is -0.230 e. The Morgan fingerprint density at radius 1 is 0.933 bits per heavy atom. The van der Waals surface area contributed by atoms with Gasteiger partial charge in [-0.1, -0.05) is 0 Å². The van der Waals surface area contributed by atoms with E-state index in [0.717, 1.165) is 0 Å². The van der Waals surface area contributed by atoms with Gasteiger partial charge in [-0.25, -0.2) is 4.18 Å². The Balaban J connectivity index is 5.13. The molecule has 90 valence electrons. The van der Waals surface area contributed by atoms with Crippen LogP contribution in [-0.2, 0) is 4.18 Å². The Bertz CT molecular complexity index is 221. The Kier molecular flexibility index (Phi) is 8.73. The number of alkyl halides is 1. The normalized spacial score (nSPS) is 14.8. The van der Waals surface area contributed by atoms with Crippen molar-refractivity contribution in [1.29, 1.82) is 0 Å². The molecule has 0 radical (unpaired) electrons. The molecule has 0 aliphatic heterocycles. The lowest BCUT2D eigenvalue weighted by atomic mass is 10.6. The summed E-state index contributed by atoms with van der Waals surface area (Å²) in [6, 6.07) is 0. The van der Waals surface area contributed by atoms with Crippen LogP contribution in [0.2, 0.25) is 0 Å². The van der Waals surface area contributed by atoms with Gasteiger partial charge < -0.3 is 0 Å². The molecule has 0 saturated heterocycles. The van der Waals surface area contributed by atoms with Gasteiger partial charge in [-0.2, -0.15) is 19.9 Å². The zero-order valence-corrected chi connectivity index (χ0v) is 10.3. The second-order valence-electron chi connectivity index (χ2n) is 1.61. The summed E-state index contributed by atoms with van der Waals surface area (Å²) < 4.78 is 75.3. The van der Waals surface area contributed by atoms with Crippen molar-refractivity contribution in [3.63, 3.8) is 0 Å². The van der Waals surface area contributed by atoms with Crippen molar-refractivity contribution in [1.82, 2.24) is 0 Å². The molecule has 0 N–H and O–H groups in total. The fourth-order valence-corrected chi connectivity index (χ4v) is 2.37. The first-order valence-electron chi connectivity index (χ1n) is 2.65. The molecule has 15 heavy (non-hydrogen) atoms. The van der Waals surface area contributed by atoms with Crippen LogP contribution in [0.15, 0.2) is 9.14 Å². The van der Waals surface area contributed by atoms with E-state index in [2.05, 4.69) is 4.18 Å². The molecule has 0 aromatic heterocycles. The van der Waals surface area contributed by atoms with Crippen molar-refractivity contribution in [2.24, 2.45) is 0 Å². The van der Waals surface area contributed by atoms with Crippen molar-refractivity contribution < 1.29 is 28.0 Å². The van der Waals surface area contributed by atoms with Gasteiger partial charge in [0.25, 0.3) is 0 Å². The third kappa shape index (κ3) is 4.42. The maximum absolute atomic E-state index is 13.2. The SMILES string of the molecule is FSOC(F)(SF)C(SF)=C(SF)SF. The molecule has 1 unspecified atom stereocenters. The monoisotopic (exact) mass is 326 g/mol. The highest BCUT2D eigenvalue weighted by Gasteiger charge is 2.43. The topological polar surface area (TPSA) is 9.23 Å². The lowest BCUT2D eigenvalue weighted by Crippen LogP contribution is -2.19. The van der Waals surface area contributed by atoms with E-state index in [1.54, 1.807) is 0 Å². The Hall–Kier alpha value is 1.03. The second kappa shape index (κ2) is 8.17. The van der Waals surface area contributed by atoms with E-state index in [9.17, 15) is 23.8 Å². The summed E-state index contributed by atoms with van der Waals surface area (Å²) in [6.07, 6.45) is 0. The van der Waals surface area contributed by atoms with E-state index in [4.69, 9.17) is 0 Å². The van der Waals surface area contributed by atoms with Crippen molar-refractivity contribution in [3.05, 3.63) is 9.14 Å². The van der Waals surface area contributed by atoms with E-state index < -0.39 is 75.3 Å². The van der Waals surface area contributed by atoms with Crippen molar-refractivity contribution in [2.45, 2.75) is 5.19 Å². The average Bonchev–Trinajstić information content (AvgIpc) is 2.25. The van der Waals surface area contributed by atoms with E-state index in [1.807, 2.05) is 0 Å². The molecular formula is C3F6OS5. The van der Waals surface area contributed by atoms with E-state index in [-0.39, 0.29) is 0 Å². The number of hydrogen-bond acceptors (Lipinski definition) is 6. The number of hydrogen-bond donors (Lipinski definition) is 0. The van der Waals surface area contributed by atoms with Crippen LogP contribution in [-0.4, -0.2) is 5.19 Å². The molecule has 1 nitrogen and oxygen atoms in total. The summed E-state index contributed by atoms with van der Waals surface area (Å²) in [6.45, 7) is 0. The summed E-state index contributed by atoms with van der Waals surface area (Å²) in [7, 11) is 0. The molecule has 0 bridgehead atoms. The van der Waals surface area contributed by atoms with E-state index in [1.165, 1.54) is 0 Å². The van der Waals surface area contributed by atoms with Crippen molar-refractivity contribution in [3.8, 4) is 0 Å². The highest BCUT2D eigenvalue weighted by atomic mass is 32.2. The lowest BCUT2D eigenvalue weighted by Gasteiger charge is -2.18. The number of halogens is 6. The quantitative estimate of drug-likeness (QED) is 0.330. The van der Waals surface area contributed by atoms with Crippen LogP contribution >= 0.6 is 61.0 Å². The molecule has 1 atom stereocenters. The smallest absolute Gasteiger partial charge is 0.230 e. The summed E-state index contributed by atoms with van der Waals surface area (Å²) in [4.78, 5) is -1.39. The third-order valence-electron chi connectivity index (χ3n) is 0.912. The van der Waals surface area contributed by atoms with Crippen LogP contribution in [0.4, 0.5) is 23.8 Å². The van der Waals surface area contributed by atoms with E-state index >= 15 is 0 Å². The van der Waals surface area contributed by atoms with Gasteiger partial charge in [0.05, 0.1) is 36.4 Å². The van der Waals surface area contributed by atoms with Gasteiger partial charge >= 0.3 is 5.19 Å². The van der Waals surface area contributed by atoms with Crippen molar-refractivity contribution in [2.75, 3.05) is 0 Å². The highest BCUT2D eigenvalue weighted by Crippen LogP contribution is 2.51. The molecule has 0 aromatic rings. The minimum absolute atomic E-state index is 0.854. The summed E-state index contributed by atoms with van der Waals surface area (Å²) in [5.74, 6) is 0. The first kappa shape index (κ1) is 16.0. The zero-order valence-electron chi connectivity index (χ0n) is 6.22. The van der Waals surface area contributed by atoms with Crippen LogP contribution < -0.4 is 0 Å². The minimum atomic E-state index is -3.63. The van der Waals surface area contributed by atoms with E-state index in [0.29, 0.717) is 0 Å². The van der Waals surface area contributed by atoms with Crippen LogP contribution in [0, 0.1) is 0 Å². The lowest BCUT2D eigenvalue weighted by molar-refractivity contribution is 0.0899. The summed E-state index contributed by atoms with van der Waals surface area (Å²) in [5.41, 5.74) is 0. The van der Waals surface area contributed by atoms with Gasteiger partial charge in [0, 0.05) is 0 Å². The van der Waals surface area contributed by atoms with Crippen LogP contribution in [0.3, 0.4) is 0 Å². The molecule has 0 fully saturated rings. The maximum Gasteiger partial charge on any atom is 0.336 e. The van der Waals surface area contributed by atoms with Crippen LogP contribution in [0.1, 0.15) is 0 Å². The van der Waals surface area contributed by atoms with Gasteiger partial charge in [-0.05, 0) is 0 Å². The zero-order chi connectivity index (χ0) is 11.9. The Morgan fingerprint density at radius 3 is 1.73 bits per heavy atom. The molecule has 0 aliphatic carbocycles. The van der Waals surface area contributed by atoms with Crippen LogP contribution in [0.25, 0.3) is 0 Å². The van der Waals surface area contributed by atoms with Gasteiger partial charge in [-0.3, -0.25) is 0 Å². The standard InChI is InChI=1S/C3F6OS5/c4-3(14-8,10-15-9)1(11-5)2(12-6)13-7. The molecule has 0 saturated carbocycles. The van der Waals surface area contributed by atoms with Gasteiger partial charge in [0.15, 0.2) is 0 Å². The first-order valence-corrected chi connectivity index (χ1v) is 6.16. The number of rotatable bonds is 7. The third-order valence-corrected chi connectivity index (χ3v) is 3.87. The van der Waals surface area contributed by atoms with Gasteiger partial charge in [0.2, 0.25) is 12.4 Å². The summed E-state index contributed by atoms with van der Waals surface area (Å²) in [5, 5.41) is -3.63. The first-order chi connectivity index (χ1) is 7.09. The predicted molar refractivity (Wildman–Crippen MR) is 55.4 cm³/mol. The van der Waals surface area contributed by atoms with Gasteiger partial charge in [0.1, 0.15) is 21.3 Å². The second-order valence-corrected chi connectivity index (χ2v) is 4.53. The fourth-order valence-electron chi connectivity index (χ4n) is 0.408. The maximum atomic E-state index is 13.2. The Labute approximate surface area is 103 Å². The molecule has 0 spiro atoms. The molecule has 0 amide bonds. The largest absolute Gasteiger partial charge is 0.336 e. The Morgan fingerprint density at radius 2 is 1.47 bits per heavy atom. The molecule has 12 heteroatoms. The molecule has 0 rings (SSSR count). The highest BCUT2D eigenvalue weighted by molar-refractivity contribution is 8.19. The summed E-state index contributed by atoms with van der Waals surface area (Å²) >= 11 is -5.03. The van der Waals surface area contributed by atoms with Crippen LogP contribution in [0.5, 0.6) is 0 Å². The fraction of sp³-hybridized carbons (Fsp3) is 0.333. The predicted octanol–water partition coefficient (Wildman–Crippen LogP) is 5.80. The molecule has 0 aliphatic rings.